The Morgan fingerprint density at radius 1 is 0.774 bits per heavy atom. The fraction of sp³-hybridized carbons (Fsp3) is 0.357. The summed E-state index contributed by atoms with van der Waals surface area (Å²) in [5, 5.41) is 12.4. The maximum atomic E-state index is 13.0. The number of piperidine rings is 1. The number of nitrogens with zero attached hydrogens (tertiary/aromatic N) is 3. The number of piperazine rings is 1. The van der Waals surface area contributed by atoms with E-state index < -0.39 is 11.9 Å². The number of carbonyl (C=O) groups excluding carboxylic acids is 3. The number of carbonyl (C=O) groups is 3. The molecule has 274 valence electrons. The van der Waals surface area contributed by atoms with Crippen molar-refractivity contribution >= 4 is 17.7 Å². The summed E-state index contributed by atoms with van der Waals surface area (Å²) in [6, 6.07) is 29.1. The van der Waals surface area contributed by atoms with Crippen LogP contribution in [-0.2, 0) is 16.1 Å². The van der Waals surface area contributed by atoms with Gasteiger partial charge in [0.2, 0.25) is 11.8 Å². The van der Waals surface area contributed by atoms with Gasteiger partial charge in [-0.2, -0.15) is 0 Å². The van der Waals surface area contributed by atoms with Gasteiger partial charge in [-0.05, 0) is 59.5 Å². The molecule has 0 saturated carbocycles. The van der Waals surface area contributed by atoms with E-state index in [1.807, 2.05) is 24.3 Å². The molecule has 8 rings (SSSR count). The molecule has 2 unspecified atom stereocenters. The number of fused-ring (bicyclic) bond motifs is 2. The van der Waals surface area contributed by atoms with Crippen LogP contribution in [0, 0.1) is 0 Å². The highest BCUT2D eigenvalue weighted by atomic mass is 16.5. The number of phenolic OH excluding ortho intramolecular Hbond substituents is 1. The molecular weight excluding hydrogens is 672 g/mol. The van der Waals surface area contributed by atoms with Crippen LogP contribution >= 0.6 is 0 Å². The fourth-order valence-electron chi connectivity index (χ4n) is 8.03. The van der Waals surface area contributed by atoms with E-state index in [2.05, 4.69) is 63.6 Å². The Labute approximate surface area is 309 Å². The zero-order chi connectivity index (χ0) is 36.3. The summed E-state index contributed by atoms with van der Waals surface area (Å²) in [6.07, 6.45) is 0.583. The Bertz CT molecular complexity index is 1960. The zero-order valence-electron chi connectivity index (χ0n) is 29.6. The molecule has 4 aliphatic rings. The van der Waals surface area contributed by atoms with E-state index in [0.717, 1.165) is 61.9 Å². The summed E-state index contributed by atoms with van der Waals surface area (Å²) < 4.78 is 18.4. The second kappa shape index (κ2) is 15.3. The van der Waals surface area contributed by atoms with Gasteiger partial charge in [-0.15, -0.1) is 0 Å². The Morgan fingerprint density at radius 3 is 2.19 bits per heavy atom. The van der Waals surface area contributed by atoms with Crippen LogP contribution in [0.3, 0.4) is 0 Å². The van der Waals surface area contributed by atoms with E-state index in [9.17, 15) is 19.5 Å². The molecule has 4 heterocycles. The van der Waals surface area contributed by atoms with Crippen molar-refractivity contribution in [2.75, 3.05) is 59.1 Å². The van der Waals surface area contributed by atoms with Gasteiger partial charge in [-0.3, -0.25) is 29.5 Å². The van der Waals surface area contributed by atoms with Crippen LogP contribution in [0.2, 0.25) is 0 Å². The predicted molar refractivity (Wildman–Crippen MR) is 197 cm³/mol. The number of ether oxygens (including phenoxy) is 3. The lowest BCUT2D eigenvalue weighted by Gasteiger charge is -2.35. The van der Waals surface area contributed by atoms with Crippen molar-refractivity contribution in [3.63, 3.8) is 0 Å². The Balaban J connectivity index is 0.778. The third-order valence-electron chi connectivity index (χ3n) is 10.9. The summed E-state index contributed by atoms with van der Waals surface area (Å²) in [4.78, 5) is 43.2. The molecule has 0 bridgehead atoms. The lowest BCUT2D eigenvalue weighted by molar-refractivity contribution is -0.136. The molecule has 0 aliphatic carbocycles. The molecule has 11 nitrogen and oxygen atoms in total. The van der Waals surface area contributed by atoms with Gasteiger partial charge in [-0.25, -0.2) is 0 Å². The highest BCUT2D eigenvalue weighted by Crippen LogP contribution is 2.47. The van der Waals surface area contributed by atoms with Crippen molar-refractivity contribution in [1.29, 1.82) is 0 Å². The van der Waals surface area contributed by atoms with Crippen LogP contribution in [0.25, 0.3) is 0 Å². The van der Waals surface area contributed by atoms with Crippen molar-refractivity contribution in [1.82, 2.24) is 20.0 Å². The molecule has 3 atom stereocenters. The van der Waals surface area contributed by atoms with Gasteiger partial charge in [0.05, 0.1) is 6.61 Å². The standard InChI is InChI=1S/C42H44N4O7/c47-31-8-12-35-38(25-31)53-27-36(28-4-2-1-3-5-28)40(35)29-6-9-32(10-7-29)51-22-20-44-16-18-45(19-17-44)21-23-52-33-11-13-34-30(24-33)26-46(42(34)50)37-14-15-39(48)43-41(37)49/h1-13,24-25,36-37,40,47H,14-23,26-27H2,(H,43,48,49)/t36?,37?,40-/m1/s1. The average molecular weight is 717 g/mol. The monoisotopic (exact) mass is 716 g/mol. The van der Waals surface area contributed by atoms with Gasteiger partial charge in [0.15, 0.2) is 0 Å². The summed E-state index contributed by atoms with van der Waals surface area (Å²) in [5.41, 5.74) is 4.91. The van der Waals surface area contributed by atoms with Crippen LogP contribution in [-0.4, -0.2) is 103 Å². The number of hydrogen-bond donors (Lipinski definition) is 2. The molecule has 2 saturated heterocycles. The van der Waals surface area contributed by atoms with Gasteiger partial charge in [-0.1, -0.05) is 48.5 Å². The van der Waals surface area contributed by atoms with E-state index in [1.165, 1.54) is 11.1 Å². The molecule has 4 aromatic rings. The van der Waals surface area contributed by atoms with E-state index in [4.69, 9.17) is 14.2 Å². The van der Waals surface area contributed by atoms with Crippen LogP contribution in [0.5, 0.6) is 23.0 Å². The van der Waals surface area contributed by atoms with Crippen molar-refractivity contribution in [2.45, 2.75) is 37.3 Å². The van der Waals surface area contributed by atoms with Gasteiger partial charge < -0.3 is 24.2 Å². The molecule has 11 heteroatoms. The number of imide groups is 1. The topological polar surface area (TPSA) is 121 Å². The number of amides is 3. The van der Waals surface area contributed by atoms with Gasteiger partial charge in [0, 0.05) is 81.3 Å². The van der Waals surface area contributed by atoms with E-state index >= 15 is 0 Å². The number of aromatic hydroxyl groups is 1. The minimum absolute atomic E-state index is 0.0920. The number of benzene rings is 4. The van der Waals surface area contributed by atoms with Crippen LogP contribution < -0.4 is 19.5 Å². The third-order valence-corrected chi connectivity index (χ3v) is 10.9. The van der Waals surface area contributed by atoms with Crippen molar-refractivity contribution < 1.29 is 33.7 Å². The molecule has 53 heavy (non-hydrogen) atoms. The number of rotatable bonds is 11. The second-order valence-electron chi connectivity index (χ2n) is 14.2. The molecular formula is C42H44N4O7. The SMILES string of the molecule is O=C1CCC(N2Cc3cc(OCCN4CCN(CCOc5ccc([C@@H]6c7ccc(O)cc7OCC6c6ccccc6)cc5)CC4)ccc3C2=O)C(=O)N1. The summed E-state index contributed by atoms with van der Waals surface area (Å²) in [7, 11) is 0. The second-order valence-corrected chi connectivity index (χ2v) is 14.2. The first-order valence-corrected chi connectivity index (χ1v) is 18.5. The highest BCUT2D eigenvalue weighted by molar-refractivity contribution is 6.05. The van der Waals surface area contributed by atoms with Crippen molar-refractivity contribution in [3.05, 3.63) is 119 Å². The minimum atomic E-state index is -0.623. The van der Waals surface area contributed by atoms with Gasteiger partial charge >= 0.3 is 0 Å². The molecule has 0 aromatic heterocycles. The quantitative estimate of drug-likeness (QED) is 0.216. The van der Waals surface area contributed by atoms with Crippen molar-refractivity contribution in [3.8, 4) is 23.0 Å². The predicted octanol–water partition coefficient (Wildman–Crippen LogP) is 4.54. The first kappa shape index (κ1) is 34.7. The number of hydrogen-bond acceptors (Lipinski definition) is 9. The van der Waals surface area contributed by atoms with E-state index in [0.29, 0.717) is 44.1 Å². The maximum absolute atomic E-state index is 13.0. The Kier molecular flexibility index (Phi) is 10.0. The Hall–Kier alpha value is -5.39. The van der Waals surface area contributed by atoms with Gasteiger partial charge in [0.25, 0.3) is 5.91 Å². The normalized spacial score (nSPS) is 21.8. The minimum Gasteiger partial charge on any atom is -0.508 e. The molecule has 4 aromatic carbocycles. The first-order valence-electron chi connectivity index (χ1n) is 18.5. The Morgan fingerprint density at radius 2 is 1.47 bits per heavy atom. The van der Waals surface area contributed by atoms with Gasteiger partial charge in [0.1, 0.15) is 42.3 Å². The summed E-state index contributed by atoms with van der Waals surface area (Å²) in [6.45, 7) is 7.49. The number of phenols is 1. The lowest BCUT2D eigenvalue weighted by atomic mass is 9.76. The highest BCUT2D eigenvalue weighted by Gasteiger charge is 2.39. The third kappa shape index (κ3) is 7.58. The molecule has 4 aliphatic heterocycles. The molecule has 0 spiro atoms. The van der Waals surface area contributed by atoms with Crippen LogP contribution in [0.4, 0.5) is 0 Å². The fourth-order valence-corrected chi connectivity index (χ4v) is 8.03. The summed E-state index contributed by atoms with van der Waals surface area (Å²) >= 11 is 0. The summed E-state index contributed by atoms with van der Waals surface area (Å²) in [5.74, 6) is 1.85. The number of nitrogens with one attached hydrogen (secondary N) is 1. The van der Waals surface area contributed by atoms with Crippen LogP contribution in [0.1, 0.15) is 57.3 Å². The molecule has 3 amide bonds. The van der Waals surface area contributed by atoms with Crippen LogP contribution in [0.15, 0.2) is 91.0 Å². The van der Waals surface area contributed by atoms with E-state index in [1.54, 1.807) is 23.1 Å². The van der Waals surface area contributed by atoms with Crippen molar-refractivity contribution in [2.24, 2.45) is 0 Å². The zero-order valence-corrected chi connectivity index (χ0v) is 29.6. The largest absolute Gasteiger partial charge is 0.508 e. The first-order chi connectivity index (χ1) is 25.9. The maximum Gasteiger partial charge on any atom is 0.255 e. The molecule has 0 radical (unpaired) electrons. The average Bonchev–Trinajstić information content (AvgIpc) is 3.50. The molecule has 2 fully saturated rings. The van der Waals surface area contributed by atoms with E-state index in [-0.39, 0.29) is 35.8 Å². The smallest absolute Gasteiger partial charge is 0.255 e. The molecule has 2 N–H and O–H groups in total. The lowest BCUT2D eigenvalue weighted by Crippen LogP contribution is -2.52.